The summed E-state index contributed by atoms with van der Waals surface area (Å²) in [6.07, 6.45) is 2.38. The van der Waals surface area contributed by atoms with Crippen LogP contribution >= 0.6 is 35.3 Å². The fraction of sp³-hybridized carbons (Fsp3) is 0.750. The van der Waals surface area contributed by atoms with E-state index in [4.69, 9.17) is 4.74 Å². The summed E-state index contributed by atoms with van der Waals surface area (Å²) in [5, 5.41) is 6.86. The number of hydrogen-bond acceptors (Lipinski definition) is 6. The van der Waals surface area contributed by atoms with E-state index in [0.29, 0.717) is 12.5 Å². The van der Waals surface area contributed by atoms with E-state index in [0.717, 1.165) is 43.7 Å². The van der Waals surface area contributed by atoms with Gasteiger partial charge in [0.2, 0.25) is 0 Å². The number of piperidine rings is 1. The second-order valence-corrected chi connectivity index (χ2v) is 9.08. The summed E-state index contributed by atoms with van der Waals surface area (Å²) in [5.41, 5.74) is 1.20. The van der Waals surface area contributed by atoms with Crippen LogP contribution in [0.3, 0.4) is 0 Å². The highest BCUT2D eigenvalue weighted by molar-refractivity contribution is 14.0. The van der Waals surface area contributed by atoms with Gasteiger partial charge in [-0.05, 0) is 44.7 Å². The number of aryl methyl sites for hydroxylation is 1. The van der Waals surface area contributed by atoms with Crippen LogP contribution in [0.2, 0.25) is 0 Å². The van der Waals surface area contributed by atoms with Crippen LogP contribution in [0.5, 0.6) is 0 Å². The minimum atomic E-state index is -0.117. The van der Waals surface area contributed by atoms with E-state index in [2.05, 4.69) is 44.3 Å². The molecule has 0 aromatic carbocycles. The molecule has 1 aromatic heterocycles. The van der Waals surface area contributed by atoms with Gasteiger partial charge >= 0.3 is 5.97 Å². The van der Waals surface area contributed by atoms with Crippen LogP contribution < -0.4 is 5.32 Å². The summed E-state index contributed by atoms with van der Waals surface area (Å²) in [4.78, 5) is 25.6. The normalized spacial score (nSPS) is 23.7. The van der Waals surface area contributed by atoms with Crippen molar-refractivity contribution in [2.24, 2.45) is 22.7 Å². The first kappa shape index (κ1) is 24.3. The van der Waals surface area contributed by atoms with Crippen molar-refractivity contribution in [1.29, 1.82) is 0 Å². The standard InChI is InChI=1S/C20H33N5O2S.HI/c1-14-10-25(12-18(14)19(26)27-4)20(21-3)22-9-16-5-7-24(8-6-16)11-17-13-28-15(2)23-17;/h13-14,16,18H,5-12H2,1-4H3,(H,21,22);1H. The number of aliphatic imine (C=N–C) groups is 1. The zero-order valence-corrected chi connectivity index (χ0v) is 21.0. The molecule has 2 atom stereocenters. The molecule has 0 saturated carbocycles. The van der Waals surface area contributed by atoms with Crippen LogP contribution in [-0.2, 0) is 16.1 Å². The lowest BCUT2D eigenvalue weighted by Gasteiger charge is -2.32. The van der Waals surface area contributed by atoms with Crippen LogP contribution in [0, 0.1) is 24.7 Å². The van der Waals surface area contributed by atoms with E-state index >= 15 is 0 Å². The Balaban J connectivity index is 0.00000300. The summed E-state index contributed by atoms with van der Waals surface area (Å²) in [6, 6.07) is 0. The van der Waals surface area contributed by atoms with E-state index in [-0.39, 0.29) is 41.8 Å². The van der Waals surface area contributed by atoms with Gasteiger partial charge in [-0.1, -0.05) is 6.92 Å². The van der Waals surface area contributed by atoms with Crippen molar-refractivity contribution < 1.29 is 9.53 Å². The van der Waals surface area contributed by atoms with Gasteiger partial charge in [-0.25, -0.2) is 4.98 Å². The lowest BCUT2D eigenvalue weighted by Crippen LogP contribution is -2.44. The lowest BCUT2D eigenvalue weighted by molar-refractivity contribution is -0.145. The topological polar surface area (TPSA) is 70.1 Å². The Morgan fingerprint density at radius 1 is 1.38 bits per heavy atom. The van der Waals surface area contributed by atoms with Gasteiger partial charge in [0, 0.05) is 38.6 Å². The smallest absolute Gasteiger partial charge is 0.310 e. The number of carbonyl (C=O) groups excluding carboxylic acids is 1. The minimum Gasteiger partial charge on any atom is -0.469 e. The predicted molar refractivity (Wildman–Crippen MR) is 128 cm³/mol. The van der Waals surface area contributed by atoms with Crippen molar-refractivity contribution >= 4 is 47.2 Å². The molecule has 2 aliphatic heterocycles. The Labute approximate surface area is 195 Å². The van der Waals surface area contributed by atoms with Crippen LogP contribution in [0.15, 0.2) is 10.4 Å². The maximum Gasteiger partial charge on any atom is 0.310 e. The number of aromatic nitrogens is 1. The fourth-order valence-corrected chi connectivity index (χ4v) is 4.83. The molecule has 29 heavy (non-hydrogen) atoms. The third-order valence-corrected chi connectivity index (χ3v) is 6.76. The monoisotopic (exact) mass is 535 g/mol. The first-order valence-electron chi connectivity index (χ1n) is 10.2. The van der Waals surface area contributed by atoms with Gasteiger partial charge in [-0.2, -0.15) is 0 Å². The summed E-state index contributed by atoms with van der Waals surface area (Å²) in [7, 11) is 3.28. The first-order chi connectivity index (χ1) is 13.5. The quantitative estimate of drug-likeness (QED) is 0.271. The van der Waals surface area contributed by atoms with E-state index in [9.17, 15) is 4.79 Å². The highest BCUT2D eigenvalue weighted by atomic mass is 127. The van der Waals surface area contributed by atoms with Crippen molar-refractivity contribution in [2.75, 3.05) is 46.9 Å². The zero-order chi connectivity index (χ0) is 20.1. The van der Waals surface area contributed by atoms with Gasteiger partial charge in [-0.3, -0.25) is 14.7 Å². The van der Waals surface area contributed by atoms with Crippen LogP contribution in [0.4, 0.5) is 0 Å². The predicted octanol–water partition coefficient (Wildman–Crippen LogP) is 2.60. The average molecular weight is 535 g/mol. The molecule has 2 fully saturated rings. The maximum atomic E-state index is 11.9. The van der Waals surface area contributed by atoms with E-state index in [1.807, 2.05) is 7.05 Å². The minimum absolute atomic E-state index is 0. The third-order valence-electron chi connectivity index (χ3n) is 5.94. The second-order valence-electron chi connectivity index (χ2n) is 8.02. The Morgan fingerprint density at radius 2 is 2.10 bits per heavy atom. The molecule has 0 bridgehead atoms. The summed E-state index contributed by atoms with van der Waals surface area (Å²) < 4.78 is 4.94. The van der Waals surface area contributed by atoms with Gasteiger partial charge in [0.05, 0.1) is 23.7 Å². The Morgan fingerprint density at radius 3 is 2.69 bits per heavy atom. The molecule has 1 aromatic rings. The number of methoxy groups -OCH3 is 1. The number of ether oxygens (including phenoxy) is 1. The van der Waals surface area contributed by atoms with Gasteiger partial charge in [0.1, 0.15) is 0 Å². The van der Waals surface area contributed by atoms with Crippen molar-refractivity contribution in [2.45, 2.75) is 33.2 Å². The fourth-order valence-electron chi connectivity index (χ4n) is 4.22. The number of nitrogens with one attached hydrogen (secondary N) is 1. The van der Waals surface area contributed by atoms with Gasteiger partial charge in [-0.15, -0.1) is 35.3 Å². The molecule has 0 radical (unpaired) electrons. The van der Waals surface area contributed by atoms with E-state index in [1.54, 1.807) is 11.3 Å². The molecule has 3 rings (SSSR count). The molecule has 0 spiro atoms. The Bertz CT molecular complexity index is 690. The maximum absolute atomic E-state index is 11.9. The lowest BCUT2D eigenvalue weighted by atomic mass is 9.97. The largest absolute Gasteiger partial charge is 0.469 e. The van der Waals surface area contributed by atoms with Gasteiger partial charge < -0.3 is 15.0 Å². The molecule has 0 amide bonds. The second kappa shape index (κ2) is 11.5. The molecule has 2 unspecified atom stereocenters. The first-order valence-corrected chi connectivity index (χ1v) is 11.0. The number of likely N-dealkylation sites (tertiary alicyclic amines) is 2. The van der Waals surface area contributed by atoms with Crippen molar-refractivity contribution in [3.63, 3.8) is 0 Å². The highest BCUT2D eigenvalue weighted by Crippen LogP contribution is 2.24. The molecule has 2 aliphatic rings. The molecule has 2 saturated heterocycles. The number of guanidine groups is 1. The molecule has 9 heteroatoms. The van der Waals surface area contributed by atoms with Gasteiger partial charge in [0.25, 0.3) is 0 Å². The molecule has 1 N–H and O–H groups in total. The summed E-state index contributed by atoms with van der Waals surface area (Å²) in [5.74, 6) is 1.65. The molecule has 0 aliphatic carbocycles. The Kier molecular flexibility index (Phi) is 9.61. The van der Waals surface area contributed by atoms with Crippen molar-refractivity contribution in [3.05, 3.63) is 16.1 Å². The SMILES string of the molecule is CN=C(NCC1CCN(Cc2csc(C)n2)CC1)N1CC(C)C(C(=O)OC)C1.I. The van der Waals surface area contributed by atoms with Crippen molar-refractivity contribution in [3.8, 4) is 0 Å². The van der Waals surface area contributed by atoms with Gasteiger partial charge in [0.15, 0.2) is 5.96 Å². The summed E-state index contributed by atoms with van der Waals surface area (Å²) in [6.45, 7) is 9.82. The molecule has 7 nitrogen and oxygen atoms in total. The van der Waals surface area contributed by atoms with Crippen LogP contribution in [0.25, 0.3) is 0 Å². The van der Waals surface area contributed by atoms with Crippen LogP contribution in [0.1, 0.15) is 30.5 Å². The van der Waals surface area contributed by atoms with Crippen LogP contribution in [-0.4, -0.2) is 73.6 Å². The van der Waals surface area contributed by atoms with E-state index in [1.165, 1.54) is 25.6 Å². The zero-order valence-electron chi connectivity index (χ0n) is 17.9. The number of rotatable bonds is 5. The van der Waals surface area contributed by atoms with E-state index < -0.39 is 0 Å². The number of hydrogen-bond donors (Lipinski definition) is 1. The number of carbonyl (C=O) groups is 1. The molecule has 164 valence electrons. The number of esters is 1. The average Bonchev–Trinajstić information content (AvgIpc) is 3.28. The highest BCUT2D eigenvalue weighted by Gasteiger charge is 2.37. The summed E-state index contributed by atoms with van der Waals surface area (Å²) >= 11 is 1.73. The number of nitrogens with zero attached hydrogens (tertiary/aromatic N) is 4. The van der Waals surface area contributed by atoms with Crippen molar-refractivity contribution in [1.82, 2.24) is 20.1 Å². The molecular weight excluding hydrogens is 501 g/mol. The number of thiazole rings is 1. The molecule has 3 heterocycles. The molecular formula is C20H34IN5O2S. The third kappa shape index (κ3) is 6.52. The number of halogens is 1. The Hall–Kier alpha value is -0.940.